The number of anilines is 3. The highest BCUT2D eigenvalue weighted by Crippen LogP contribution is 2.32. The average Bonchev–Trinajstić information content (AvgIpc) is 3.21. The van der Waals surface area contributed by atoms with Crippen LogP contribution in [0.1, 0.15) is 12.1 Å². The van der Waals surface area contributed by atoms with Crippen LogP contribution in [-0.4, -0.2) is 71.7 Å². The normalized spacial score (nSPS) is 14.2. The van der Waals surface area contributed by atoms with Gasteiger partial charge in [-0.25, -0.2) is 15.0 Å². The molecule has 1 saturated heterocycles. The van der Waals surface area contributed by atoms with Gasteiger partial charge >= 0.3 is 0 Å². The maximum Gasteiger partial charge on any atom is 0.227 e. The zero-order valence-electron chi connectivity index (χ0n) is 19.0. The molecule has 0 bridgehead atoms. The van der Waals surface area contributed by atoms with E-state index < -0.39 is 0 Å². The van der Waals surface area contributed by atoms with Crippen LogP contribution >= 0.6 is 22.9 Å². The number of carbonyl (C=O) groups is 1. The van der Waals surface area contributed by atoms with E-state index in [1.807, 2.05) is 25.1 Å². The van der Waals surface area contributed by atoms with E-state index in [2.05, 4.69) is 35.8 Å². The predicted molar refractivity (Wildman–Crippen MR) is 136 cm³/mol. The van der Waals surface area contributed by atoms with E-state index in [9.17, 15) is 4.79 Å². The summed E-state index contributed by atoms with van der Waals surface area (Å²) in [6, 6.07) is 9.16. The van der Waals surface area contributed by atoms with Crippen molar-refractivity contribution in [3.63, 3.8) is 0 Å². The lowest BCUT2D eigenvalue weighted by Gasteiger charge is -2.26. The van der Waals surface area contributed by atoms with E-state index in [0.29, 0.717) is 29.1 Å². The first kappa shape index (κ1) is 24.5. The Bertz CT molecular complexity index is 1090. The molecule has 2 aromatic heterocycles. The lowest BCUT2D eigenvalue weighted by molar-refractivity contribution is -0.116. The molecular weight excluding hydrogens is 474 g/mol. The molecule has 0 radical (unpaired) electrons. The molecule has 1 fully saturated rings. The summed E-state index contributed by atoms with van der Waals surface area (Å²) >= 11 is 7.35. The van der Waals surface area contributed by atoms with Crippen molar-refractivity contribution in [2.45, 2.75) is 13.3 Å². The van der Waals surface area contributed by atoms with Crippen LogP contribution in [0.15, 0.2) is 36.5 Å². The van der Waals surface area contributed by atoms with Crippen molar-refractivity contribution in [2.75, 3.05) is 56.6 Å². The minimum absolute atomic E-state index is 0.0630. The number of hydrogen-bond donors (Lipinski definition) is 3. The summed E-state index contributed by atoms with van der Waals surface area (Å²) in [7, 11) is 0. The standard InChI is InChI=1S/C23H28ClN7O2S/c1-16-21(19-6-9-26-22(29-19)28-18-4-2-17(24)3-5-18)34-23(27-16)30-20(32)7-8-25-10-11-31-12-14-33-15-13-31/h2-6,9,25H,7-8,10-15H2,1H3,(H,26,28,29)(H,27,30,32). The fourth-order valence-electron chi connectivity index (χ4n) is 3.47. The van der Waals surface area contributed by atoms with Gasteiger partial charge in [-0.3, -0.25) is 9.69 Å². The second-order valence-electron chi connectivity index (χ2n) is 7.83. The molecule has 9 nitrogen and oxygen atoms in total. The largest absolute Gasteiger partial charge is 0.379 e. The van der Waals surface area contributed by atoms with Gasteiger partial charge in [0.25, 0.3) is 0 Å². The third-order valence-electron chi connectivity index (χ3n) is 5.27. The Morgan fingerprint density at radius 3 is 2.74 bits per heavy atom. The second-order valence-corrected chi connectivity index (χ2v) is 9.27. The van der Waals surface area contributed by atoms with E-state index in [4.69, 9.17) is 16.3 Å². The summed E-state index contributed by atoms with van der Waals surface area (Å²) in [6.45, 7) is 7.89. The summed E-state index contributed by atoms with van der Waals surface area (Å²) in [6.07, 6.45) is 2.08. The molecule has 0 aliphatic carbocycles. The maximum absolute atomic E-state index is 12.4. The van der Waals surface area contributed by atoms with Gasteiger partial charge in [0.05, 0.1) is 29.5 Å². The first-order valence-electron chi connectivity index (χ1n) is 11.2. The van der Waals surface area contributed by atoms with E-state index in [1.165, 1.54) is 11.3 Å². The van der Waals surface area contributed by atoms with Crippen molar-refractivity contribution in [2.24, 2.45) is 0 Å². The van der Waals surface area contributed by atoms with Crippen LogP contribution in [-0.2, 0) is 9.53 Å². The van der Waals surface area contributed by atoms with Crippen molar-refractivity contribution < 1.29 is 9.53 Å². The highest BCUT2D eigenvalue weighted by Gasteiger charge is 2.14. The summed E-state index contributed by atoms with van der Waals surface area (Å²) in [4.78, 5) is 29.0. The molecule has 1 aromatic carbocycles. The number of halogens is 1. The molecule has 3 heterocycles. The van der Waals surface area contributed by atoms with Crippen LogP contribution in [0.3, 0.4) is 0 Å². The molecule has 1 aliphatic rings. The van der Waals surface area contributed by atoms with Gasteiger partial charge in [-0.2, -0.15) is 0 Å². The number of amides is 1. The predicted octanol–water partition coefficient (Wildman–Crippen LogP) is 3.56. The molecule has 0 unspecified atom stereocenters. The second kappa shape index (κ2) is 12.2. The van der Waals surface area contributed by atoms with Gasteiger partial charge < -0.3 is 20.7 Å². The molecule has 34 heavy (non-hydrogen) atoms. The van der Waals surface area contributed by atoms with Crippen molar-refractivity contribution in [3.8, 4) is 10.6 Å². The Morgan fingerprint density at radius 1 is 1.15 bits per heavy atom. The van der Waals surface area contributed by atoms with Crippen LogP contribution in [0, 0.1) is 6.92 Å². The van der Waals surface area contributed by atoms with Crippen LogP contribution in [0.5, 0.6) is 0 Å². The monoisotopic (exact) mass is 501 g/mol. The van der Waals surface area contributed by atoms with Crippen LogP contribution in [0.4, 0.5) is 16.8 Å². The summed E-state index contributed by atoms with van der Waals surface area (Å²) in [5.74, 6) is 0.410. The smallest absolute Gasteiger partial charge is 0.227 e. The molecule has 1 aliphatic heterocycles. The fraction of sp³-hybridized carbons (Fsp3) is 0.391. The molecule has 11 heteroatoms. The number of benzene rings is 1. The Balaban J connectivity index is 1.27. The zero-order valence-corrected chi connectivity index (χ0v) is 20.6. The molecule has 3 aromatic rings. The third kappa shape index (κ3) is 7.18. The number of nitrogens with one attached hydrogen (secondary N) is 3. The highest BCUT2D eigenvalue weighted by atomic mass is 35.5. The number of aromatic nitrogens is 3. The molecule has 0 atom stereocenters. The van der Waals surface area contributed by atoms with E-state index in [0.717, 1.165) is 61.3 Å². The lowest BCUT2D eigenvalue weighted by Crippen LogP contribution is -2.40. The number of morpholine rings is 1. The minimum atomic E-state index is -0.0630. The summed E-state index contributed by atoms with van der Waals surface area (Å²) < 4.78 is 5.35. The van der Waals surface area contributed by atoms with Crippen LogP contribution in [0.25, 0.3) is 10.6 Å². The number of hydrogen-bond acceptors (Lipinski definition) is 9. The SMILES string of the molecule is Cc1nc(NC(=O)CCNCCN2CCOCC2)sc1-c1ccnc(Nc2ccc(Cl)cc2)n1. The number of carbonyl (C=O) groups excluding carboxylic acids is 1. The Kier molecular flexibility index (Phi) is 8.78. The molecule has 180 valence electrons. The van der Waals surface area contributed by atoms with Crippen LogP contribution in [0.2, 0.25) is 5.02 Å². The van der Waals surface area contributed by atoms with Crippen LogP contribution < -0.4 is 16.0 Å². The molecular formula is C23H28ClN7O2S. The van der Waals surface area contributed by atoms with Gasteiger partial charge in [0.15, 0.2) is 5.13 Å². The van der Waals surface area contributed by atoms with Gasteiger partial charge in [-0.1, -0.05) is 22.9 Å². The average molecular weight is 502 g/mol. The number of rotatable bonds is 10. The minimum Gasteiger partial charge on any atom is -0.379 e. The first-order chi connectivity index (χ1) is 16.6. The molecule has 1 amide bonds. The quantitative estimate of drug-likeness (QED) is 0.362. The van der Waals surface area contributed by atoms with Gasteiger partial charge in [-0.15, -0.1) is 0 Å². The molecule has 3 N–H and O–H groups in total. The molecule has 0 spiro atoms. The van der Waals surface area contributed by atoms with E-state index in [1.54, 1.807) is 18.3 Å². The Hall–Kier alpha value is -2.63. The fourth-order valence-corrected chi connectivity index (χ4v) is 4.54. The van der Waals surface area contributed by atoms with Gasteiger partial charge in [0.2, 0.25) is 11.9 Å². The van der Waals surface area contributed by atoms with E-state index >= 15 is 0 Å². The van der Waals surface area contributed by atoms with Gasteiger partial charge in [0.1, 0.15) is 0 Å². The number of nitrogens with zero attached hydrogens (tertiary/aromatic N) is 4. The number of aryl methyl sites for hydroxylation is 1. The summed E-state index contributed by atoms with van der Waals surface area (Å²) in [5.41, 5.74) is 2.39. The van der Waals surface area contributed by atoms with Gasteiger partial charge in [-0.05, 0) is 37.3 Å². The topological polar surface area (TPSA) is 104 Å². The first-order valence-corrected chi connectivity index (χ1v) is 12.4. The number of ether oxygens (including phenoxy) is 1. The lowest BCUT2D eigenvalue weighted by atomic mass is 10.3. The number of thiazole rings is 1. The van der Waals surface area contributed by atoms with Crippen molar-refractivity contribution >= 4 is 45.6 Å². The van der Waals surface area contributed by atoms with E-state index in [-0.39, 0.29) is 5.91 Å². The Morgan fingerprint density at radius 2 is 1.94 bits per heavy atom. The highest BCUT2D eigenvalue weighted by molar-refractivity contribution is 7.19. The van der Waals surface area contributed by atoms with Crippen molar-refractivity contribution in [1.29, 1.82) is 0 Å². The van der Waals surface area contributed by atoms with Gasteiger partial charge in [0, 0.05) is 56.1 Å². The zero-order chi connectivity index (χ0) is 23.8. The summed E-state index contributed by atoms with van der Waals surface area (Å²) in [5, 5.41) is 10.6. The van der Waals surface area contributed by atoms with Crippen molar-refractivity contribution in [1.82, 2.24) is 25.2 Å². The Labute approximate surface area is 207 Å². The molecule has 4 rings (SSSR count). The molecule has 0 saturated carbocycles. The third-order valence-corrected chi connectivity index (χ3v) is 6.62. The maximum atomic E-state index is 12.4. The van der Waals surface area contributed by atoms with Crippen molar-refractivity contribution in [3.05, 3.63) is 47.2 Å².